The van der Waals surface area contributed by atoms with E-state index in [4.69, 9.17) is 9.47 Å². The fraction of sp³-hybridized carbons (Fsp3) is 0.870. The van der Waals surface area contributed by atoms with E-state index in [9.17, 15) is 9.59 Å². The molecule has 0 saturated heterocycles. The molecular formula is C46H86O4. The molecular weight excluding hydrogens is 617 g/mol. The Labute approximate surface area is 312 Å². The number of carbonyl (C=O) groups is 2. The predicted octanol–water partition coefficient (Wildman–Crippen LogP) is 14.7. The van der Waals surface area contributed by atoms with Crippen LogP contribution in [0.25, 0.3) is 0 Å². The SMILES string of the molecule is CCCCC(CC)COC(=O)CCCCCCCC=CCCCCCCCC(=O)OCC=C(C)CCCC(C)CCCC(C)CCCC(C)C. The van der Waals surface area contributed by atoms with Gasteiger partial charge in [0.2, 0.25) is 0 Å². The second-order valence-corrected chi connectivity index (χ2v) is 16.3. The van der Waals surface area contributed by atoms with Gasteiger partial charge in [0.05, 0.1) is 6.61 Å². The third-order valence-electron chi connectivity index (χ3n) is 10.5. The summed E-state index contributed by atoms with van der Waals surface area (Å²) in [5.74, 6) is 2.99. The molecule has 0 radical (unpaired) electrons. The maximum absolute atomic E-state index is 12.1. The molecule has 0 aromatic rings. The van der Waals surface area contributed by atoms with Crippen LogP contribution in [-0.4, -0.2) is 25.2 Å². The molecule has 0 bridgehead atoms. The van der Waals surface area contributed by atoms with Gasteiger partial charge in [0, 0.05) is 12.8 Å². The van der Waals surface area contributed by atoms with Crippen LogP contribution in [0.2, 0.25) is 0 Å². The van der Waals surface area contributed by atoms with E-state index in [0.717, 1.165) is 69.1 Å². The normalized spacial score (nSPS) is 14.0. The number of carbonyl (C=O) groups excluding carboxylic acids is 2. The van der Waals surface area contributed by atoms with Crippen LogP contribution in [0.15, 0.2) is 23.8 Å². The van der Waals surface area contributed by atoms with Gasteiger partial charge in [0.25, 0.3) is 0 Å². The highest BCUT2D eigenvalue weighted by molar-refractivity contribution is 5.69. The third-order valence-corrected chi connectivity index (χ3v) is 10.5. The van der Waals surface area contributed by atoms with Gasteiger partial charge in [0.15, 0.2) is 0 Å². The maximum atomic E-state index is 12.1. The first-order chi connectivity index (χ1) is 24.2. The Morgan fingerprint density at radius 3 is 1.58 bits per heavy atom. The lowest BCUT2D eigenvalue weighted by molar-refractivity contribution is -0.145. The Morgan fingerprint density at radius 1 is 0.540 bits per heavy atom. The summed E-state index contributed by atoms with van der Waals surface area (Å²) >= 11 is 0. The van der Waals surface area contributed by atoms with Crippen LogP contribution in [0.1, 0.15) is 222 Å². The van der Waals surface area contributed by atoms with E-state index in [1.165, 1.54) is 115 Å². The lowest BCUT2D eigenvalue weighted by Crippen LogP contribution is -2.13. The zero-order valence-electron chi connectivity index (χ0n) is 34.7. The standard InChI is InChI=1S/C46H86O4/c1-8-10-34-44(9-2)39-50-46(48)36-24-22-20-18-16-14-12-11-13-15-17-19-21-23-35-45(47)49-38-37-43(7)33-27-32-42(6)31-26-30-41(5)29-25-28-40(3)4/h11-12,37,40-42,44H,8-10,13-36,38-39H2,1-7H3. The van der Waals surface area contributed by atoms with E-state index in [1.54, 1.807) is 0 Å². The highest BCUT2D eigenvalue weighted by Gasteiger charge is 2.10. The van der Waals surface area contributed by atoms with Gasteiger partial charge in [-0.3, -0.25) is 9.59 Å². The highest BCUT2D eigenvalue weighted by Crippen LogP contribution is 2.22. The Bertz CT molecular complexity index is 828. The van der Waals surface area contributed by atoms with Crippen LogP contribution in [0.3, 0.4) is 0 Å². The summed E-state index contributed by atoms with van der Waals surface area (Å²) < 4.78 is 11.0. The van der Waals surface area contributed by atoms with Crippen molar-refractivity contribution in [2.24, 2.45) is 23.7 Å². The molecule has 0 amide bonds. The van der Waals surface area contributed by atoms with Crippen molar-refractivity contribution in [2.75, 3.05) is 13.2 Å². The van der Waals surface area contributed by atoms with Crippen LogP contribution in [0.4, 0.5) is 0 Å². The summed E-state index contributed by atoms with van der Waals surface area (Å²) in [7, 11) is 0. The minimum atomic E-state index is -0.0511. The van der Waals surface area contributed by atoms with Gasteiger partial charge in [-0.15, -0.1) is 0 Å². The molecule has 294 valence electrons. The molecule has 0 aromatic heterocycles. The van der Waals surface area contributed by atoms with E-state index in [1.807, 2.05) is 0 Å². The van der Waals surface area contributed by atoms with Crippen molar-refractivity contribution in [2.45, 2.75) is 222 Å². The fourth-order valence-electron chi connectivity index (χ4n) is 6.70. The van der Waals surface area contributed by atoms with Crippen LogP contribution in [0.5, 0.6) is 0 Å². The second-order valence-electron chi connectivity index (χ2n) is 16.3. The minimum Gasteiger partial charge on any atom is -0.465 e. The van der Waals surface area contributed by atoms with E-state index in [2.05, 4.69) is 66.7 Å². The molecule has 0 aromatic carbocycles. The van der Waals surface area contributed by atoms with Gasteiger partial charge in [0.1, 0.15) is 6.61 Å². The van der Waals surface area contributed by atoms with E-state index >= 15 is 0 Å². The number of hydrogen-bond donors (Lipinski definition) is 0. The van der Waals surface area contributed by atoms with Crippen molar-refractivity contribution in [1.82, 2.24) is 0 Å². The summed E-state index contributed by atoms with van der Waals surface area (Å²) in [6, 6.07) is 0. The summed E-state index contributed by atoms with van der Waals surface area (Å²) in [6.07, 6.45) is 38.3. The summed E-state index contributed by atoms with van der Waals surface area (Å²) in [5, 5.41) is 0. The zero-order valence-corrected chi connectivity index (χ0v) is 34.7. The molecule has 3 unspecified atom stereocenters. The summed E-state index contributed by atoms with van der Waals surface area (Å²) in [5.41, 5.74) is 1.35. The van der Waals surface area contributed by atoms with Gasteiger partial charge in [-0.05, 0) is 94.5 Å². The molecule has 3 atom stereocenters. The maximum Gasteiger partial charge on any atom is 0.306 e. The Balaban J connectivity index is 3.57. The fourth-order valence-corrected chi connectivity index (χ4v) is 6.70. The first-order valence-electron chi connectivity index (χ1n) is 21.8. The smallest absolute Gasteiger partial charge is 0.306 e. The Kier molecular flexibility index (Phi) is 34.7. The number of allylic oxidation sites excluding steroid dienone is 3. The van der Waals surface area contributed by atoms with Crippen molar-refractivity contribution >= 4 is 11.9 Å². The number of unbranched alkanes of at least 4 members (excludes halogenated alkanes) is 11. The highest BCUT2D eigenvalue weighted by atomic mass is 16.5. The molecule has 0 rings (SSSR count). The van der Waals surface area contributed by atoms with E-state index in [-0.39, 0.29) is 11.9 Å². The molecule has 50 heavy (non-hydrogen) atoms. The average molecular weight is 703 g/mol. The average Bonchev–Trinajstić information content (AvgIpc) is 3.08. The summed E-state index contributed by atoms with van der Waals surface area (Å²) in [4.78, 5) is 24.1. The lowest BCUT2D eigenvalue weighted by Gasteiger charge is -2.15. The van der Waals surface area contributed by atoms with Crippen LogP contribution >= 0.6 is 0 Å². The largest absolute Gasteiger partial charge is 0.465 e. The number of rotatable bonds is 36. The molecule has 0 heterocycles. The molecule has 0 aliphatic carbocycles. The number of ether oxygens (including phenoxy) is 2. The van der Waals surface area contributed by atoms with Crippen molar-refractivity contribution in [3.8, 4) is 0 Å². The molecule has 0 aliphatic rings. The first kappa shape index (κ1) is 48.4. The minimum absolute atomic E-state index is 0.0110. The van der Waals surface area contributed by atoms with E-state index in [0.29, 0.717) is 32.0 Å². The van der Waals surface area contributed by atoms with Gasteiger partial charge in [-0.25, -0.2) is 0 Å². The van der Waals surface area contributed by atoms with Crippen LogP contribution < -0.4 is 0 Å². The van der Waals surface area contributed by atoms with Gasteiger partial charge in [-0.1, -0.05) is 162 Å². The predicted molar refractivity (Wildman–Crippen MR) is 217 cm³/mol. The molecule has 0 fully saturated rings. The first-order valence-corrected chi connectivity index (χ1v) is 21.8. The lowest BCUT2D eigenvalue weighted by atomic mass is 9.91. The summed E-state index contributed by atoms with van der Waals surface area (Å²) in [6.45, 7) is 17.1. The van der Waals surface area contributed by atoms with Crippen molar-refractivity contribution in [1.29, 1.82) is 0 Å². The van der Waals surface area contributed by atoms with Gasteiger partial charge < -0.3 is 9.47 Å². The monoisotopic (exact) mass is 703 g/mol. The Hall–Kier alpha value is -1.58. The quantitative estimate of drug-likeness (QED) is 0.0370. The van der Waals surface area contributed by atoms with Crippen molar-refractivity contribution in [3.63, 3.8) is 0 Å². The van der Waals surface area contributed by atoms with Crippen LogP contribution in [-0.2, 0) is 19.1 Å². The molecule has 4 heteroatoms. The molecule has 0 saturated carbocycles. The van der Waals surface area contributed by atoms with Crippen LogP contribution in [0, 0.1) is 23.7 Å². The second kappa shape index (κ2) is 35.8. The topological polar surface area (TPSA) is 52.6 Å². The molecule has 0 spiro atoms. The van der Waals surface area contributed by atoms with Crippen molar-refractivity contribution < 1.29 is 19.1 Å². The van der Waals surface area contributed by atoms with E-state index < -0.39 is 0 Å². The molecule has 0 N–H and O–H groups in total. The van der Waals surface area contributed by atoms with Gasteiger partial charge in [-0.2, -0.15) is 0 Å². The Morgan fingerprint density at radius 2 is 1.04 bits per heavy atom. The molecule has 0 aliphatic heterocycles. The zero-order chi connectivity index (χ0) is 37.1. The number of esters is 2. The van der Waals surface area contributed by atoms with Crippen molar-refractivity contribution in [3.05, 3.63) is 23.8 Å². The van der Waals surface area contributed by atoms with Gasteiger partial charge >= 0.3 is 11.9 Å². The third kappa shape index (κ3) is 34.9. The number of hydrogen-bond acceptors (Lipinski definition) is 4. The molecule has 4 nitrogen and oxygen atoms in total.